The van der Waals surface area contributed by atoms with E-state index in [1.54, 1.807) is 19.4 Å². The van der Waals surface area contributed by atoms with Gasteiger partial charge in [0.05, 0.1) is 12.2 Å². The van der Waals surface area contributed by atoms with E-state index in [4.69, 9.17) is 4.74 Å². The topological polar surface area (TPSA) is 47.4 Å². The number of ether oxygens (including phenoxy) is 1. The minimum absolute atomic E-state index is 0.138. The largest absolute Gasteiger partial charge is 0.493 e. The van der Waals surface area contributed by atoms with Gasteiger partial charge >= 0.3 is 6.18 Å². The molecular formula is C18H20F3N3O2. The number of aromatic nitrogens is 2. The molecule has 1 aliphatic rings. The van der Waals surface area contributed by atoms with Gasteiger partial charge in [0.2, 0.25) is 0 Å². The average molecular weight is 367 g/mol. The van der Waals surface area contributed by atoms with Crippen molar-refractivity contribution in [1.29, 1.82) is 0 Å². The Labute approximate surface area is 149 Å². The van der Waals surface area contributed by atoms with Crippen LogP contribution in [-0.2, 0) is 13.2 Å². The van der Waals surface area contributed by atoms with E-state index in [9.17, 15) is 18.0 Å². The van der Waals surface area contributed by atoms with Crippen LogP contribution >= 0.6 is 0 Å². The smallest absolute Gasteiger partial charge is 0.419 e. The zero-order valence-electron chi connectivity index (χ0n) is 14.4. The second kappa shape index (κ2) is 7.39. The average Bonchev–Trinajstić information content (AvgIpc) is 2.62. The van der Waals surface area contributed by atoms with Crippen LogP contribution in [0.3, 0.4) is 0 Å². The fraction of sp³-hybridized carbons (Fsp3) is 0.444. The summed E-state index contributed by atoms with van der Waals surface area (Å²) in [6, 6.07) is 5.25. The molecule has 2 aromatic rings. The molecule has 0 radical (unpaired) electrons. The second-order valence-electron chi connectivity index (χ2n) is 6.40. The van der Waals surface area contributed by atoms with Crippen LogP contribution in [0.25, 0.3) is 0 Å². The van der Waals surface area contributed by atoms with E-state index < -0.39 is 11.7 Å². The number of benzene rings is 1. The molecule has 1 aromatic carbocycles. The molecule has 2 heterocycles. The van der Waals surface area contributed by atoms with Gasteiger partial charge in [0.1, 0.15) is 5.75 Å². The minimum Gasteiger partial charge on any atom is -0.493 e. The van der Waals surface area contributed by atoms with Crippen molar-refractivity contribution >= 4 is 5.82 Å². The minimum atomic E-state index is -4.43. The number of alkyl halides is 3. The maximum absolute atomic E-state index is 13.0. The number of piperidine rings is 1. The van der Waals surface area contributed by atoms with Gasteiger partial charge in [-0.3, -0.25) is 4.79 Å². The number of aryl methyl sites for hydroxylation is 1. The number of para-hydroxylation sites is 1. The number of anilines is 1. The molecule has 26 heavy (non-hydrogen) atoms. The van der Waals surface area contributed by atoms with Gasteiger partial charge in [-0.05, 0) is 30.9 Å². The molecule has 0 amide bonds. The summed E-state index contributed by atoms with van der Waals surface area (Å²) in [5.74, 6) is 0.415. The molecule has 8 heteroatoms. The van der Waals surface area contributed by atoms with E-state index in [1.807, 2.05) is 4.90 Å². The van der Waals surface area contributed by atoms with Crippen LogP contribution in [0.4, 0.5) is 19.0 Å². The number of hydrogen-bond acceptors (Lipinski definition) is 4. The molecule has 1 saturated heterocycles. The highest BCUT2D eigenvalue weighted by molar-refractivity contribution is 5.37. The predicted octanol–water partition coefficient (Wildman–Crippen LogP) is 3.09. The Bertz CT molecular complexity index is 812. The summed E-state index contributed by atoms with van der Waals surface area (Å²) >= 11 is 0. The van der Waals surface area contributed by atoms with Gasteiger partial charge in [-0.25, -0.2) is 4.98 Å². The third-order valence-electron chi connectivity index (χ3n) is 4.58. The van der Waals surface area contributed by atoms with Crippen LogP contribution in [0.1, 0.15) is 18.4 Å². The Morgan fingerprint density at radius 1 is 1.23 bits per heavy atom. The lowest BCUT2D eigenvalue weighted by atomic mass is 9.98. The predicted molar refractivity (Wildman–Crippen MR) is 91.4 cm³/mol. The Kier molecular flexibility index (Phi) is 5.20. The van der Waals surface area contributed by atoms with E-state index in [2.05, 4.69) is 4.98 Å². The molecule has 1 aromatic heterocycles. The SMILES string of the molecule is Cn1ccnc(N2CCC(COc3ccccc3C(F)(F)F)CC2)c1=O. The Morgan fingerprint density at radius 2 is 1.92 bits per heavy atom. The van der Waals surface area contributed by atoms with Crippen LogP contribution in [0, 0.1) is 5.92 Å². The van der Waals surface area contributed by atoms with Gasteiger partial charge in [0.15, 0.2) is 5.82 Å². The molecule has 1 fully saturated rings. The highest BCUT2D eigenvalue weighted by Crippen LogP contribution is 2.36. The highest BCUT2D eigenvalue weighted by atomic mass is 19.4. The Balaban J connectivity index is 1.59. The number of rotatable bonds is 4. The molecule has 5 nitrogen and oxygen atoms in total. The summed E-state index contributed by atoms with van der Waals surface area (Å²) in [4.78, 5) is 18.2. The van der Waals surface area contributed by atoms with Crippen molar-refractivity contribution < 1.29 is 17.9 Å². The first-order valence-corrected chi connectivity index (χ1v) is 8.42. The highest BCUT2D eigenvalue weighted by Gasteiger charge is 2.34. The molecule has 140 valence electrons. The van der Waals surface area contributed by atoms with E-state index in [0.717, 1.165) is 18.9 Å². The number of nitrogens with zero attached hydrogens (tertiary/aromatic N) is 3. The zero-order chi connectivity index (χ0) is 18.7. The molecule has 0 saturated carbocycles. The summed E-state index contributed by atoms with van der Waals surface area (Å²) in [5, 5.41) is 0. The van der Waals surface area contributed by atoms with E-state index >= 15 is 0 Å². The molecule has 0 spiro atoms. The lowest BCUT2D eigenvalue weighted by molar-refractivity contribution is -0.139. The van der Waals surface area contributed by atoms with E-state index in [0.29, 0.717) is 18.9 Å². The molecule has 3 rings (SSSR count). The lowest BCUT2D eigenvalue weighted by Gasteiger charge is -2.32. The van der Waals surface area contributed by atoms with Crippen LogP contribution in [0.2, 0.25) is 0 Å². The number of halogens is 3. The number of hydrogen-bond donors (Lipinski definition) is 0. The second-order valence-corrected chi connectivity index (χ2v) is 6.40. The van der Waals surface area contributed by atoms with E-state index in [-0.39, 0.29) is 23.8 Å². The summed E-state index contributed by atoms with van der Waals surface area (Å²) < 4.78 is 45.9. The van der Waals surface area contributed by atoms with Crippen molar-refractivity contribution in [1.82, 2.24) is 9.55 Å². The quantitative estimate of drug-likeness (QED) is 0.833. The molecular weight excluding hydrogens is 347 g/mol. The normalized spacial score (nSPS) is 15.9. The van der Waals surface area contributed by atoms with E-state index in [1.165, 1.54) is 22.8 Å². The van der Waals surface area contributed by atoms with Crippen molar-refractivity contribution in [2.75, 3.05) is 24.6 Å². The maximum Gasteiger partial charge on any atom is 0.419 e. The molecule has 0 bridgehead atoms. The van der Waals surface area contributed by atoms with Gasteiger partial charge in [-0.2, -0.15) is 13.2 Å². The van der Waals surface area contributed by atoms with Crippen LogP contribution in [0.5, 0.6) is 5.75 Å². The fourth-order valence-corrected chi connectivity index (χ4v) is 3.05. The van der Waals surface area contributed by atoms with Gasteiger partial charge in [0, 0.05) is 32.5 Å². The van der Waals surface area contributed by atoms with Crippen LogP contribution in [0.15, 0.2) is 41.5 Å². The van der Waals surface area contributed by atoms with Crippen LogP contribution in [-0.4, -0.2) is 29.2 Å². The van der Waals surface area contributed by atoms with Gasteiger partial charge in [-0.1, -0.05) is 12.1 Å². The Hall–Kier alpha value is -2.51. The molecule has 0 atom stereocenters. The fourth-order valence-electron chi connectivity index (χ4n) is 3.05. The molecule has 0 aliphatic carbocycles. The first-order chi connectivity index (χ1) is 12.4. The third kappa shape index (κ3) is 4.00. The van der Waals surface area contributed by atoms with Crippen LogP contribution < -0.4 is 15.2 Å². The first kappa shape index (κ1) is 18.3. The van der Waals surface area contributed by atoms with Crippen molar-refractivity contribution in [2.24, 2.45) is 13.0 Å². The van der Waals surface area contributed by atoms with Gasteiger partial charge < -0.3 is 14.2 Å². The summed E-state index contributed by atoms with van der Waals surface area (Å²) in [6.45, 7) is 1.48. The molecule has 0 N–H and O–H groups in total. The van der Waals surface area contributed by atoms with Crippen molar-refractivity contribution in [3.8, 4) is 5.75 Å². The summed E-state index contributed by atoms with van der Waals surface area (Å²) in [6.07, 6.45) is 0.214. The zero-order valence-corrected chi connectivity index (χ0v) is 14.4. The Morgan fingerprint density at radius 3 is 2.62 bits per heavy atom. The summed E-state index contributed by atoms with van der Waals surface area (Å²) in [5.41, 5.74) is -0.907. The molecule has 1 aliphatic heterocycles. The van der Waals surface area contributed by atoms with Crippen molar-refractivity contribution in [3.05, 3.63) is 52.6 Å². The first-order valence-electron chi connectivity index (χ1n) is 8.42. The van der Waals surface area contributed by atoms with Gasteiger partial charge in [0.25, 0.3) is 5.56 Å². The van der Waals surface area contributed by atoms with Gasteiger partial charge in [-0.15, -0.1) is 0 Å². The summed E-state index contributed by atoms with van der Waals surface area (Å²) in [7, 11) is 1.67. The van der Waals surface area contributed by atoms with Crippen molar-refractivity contribution in [2.45, 2.75) is 19.0 Å². The molecule has 0 unspecified atom stereocenters. The lowest BCUT2D eigenvalue weighted by Crippen LogP contribution is -2.40. The third-order valence-corrected chi connectivity index (χ3v) is 4.58. The maximum atomic E-state index is 13.0. The van der Waals surface area contributed by atoms with Crippen molar-refractivity contribution in [3.63, 3.8) is 0 Å². The standard InChI is InChI=1S/C18H20F3N3O2/c1-23-11-8-22-16(17(23)25)24-9-6-13(7-10-24)12-26-15-5-3-2-4-14(15)18(19,20)21/h2-5,8,11,13H,6-7,9-10,12H2,1H3. The monoisotopic (exact) mass is 367 g/mol.